The Morgan fingerprint density at radius 3 is 1.65 bits per heavy atom. The Balaban J connectivity index is 0.000000272. The molecule has 0 radical (unpaired) electrons. The lowest BCUT2D eigenvalue weighted by molar-refractivity contribution is -0.120. The third kappa shape index (κ3) is 11.6. The maximum absolute atomic E-state index is 10.5. The smallest absolute Gasteiger partial charge is 0.132 e. The minimum Gasteiger partial charge on any atom is -0.300 e. The van der Waals surface area contributed by atoms with E-state index in [0.29, 0.717) is 24.4 Å². The number of hydrogen-bond donors (Lipinski definition) is 0. The highest BCUT2D eigenvalue weighted by molar-refractivity contribution is 5.78. The monoisotopic (exact) mass is 276 g/mol. The Hall–Kier alpha value is -1.44. The maximum atomic E-state index is 10.5. The van der Waals surface area contributed by atoms with Crippen molar-refractivity contribution >= 4 is 11.6 Å². The van der Waals surface area contributed by atoms with Gasteiger partial charge in [-0.2, -0.15) is 0 Å². The molecule has 2 heteroatoms. The first-order valence-electron chi connectivity index (χ1n) is 7.65. The Kier molecular flexibility index (Phi) is 11.7. The zero-order chi connectivity index (χ0) is 15.2. The van der Waals surface area contributed by atoms with Crippen LogP contribution < -0.4 is 0 Å². The minimum atomic E-state index is 0.343. The van der Waals surface area contributed by atoms with Crippen LogP contribution in [0.3, 0.4) is 0 Å². The van der Waals surface area contributed by atoms with Crippen molar-refractivity contribution in [2.75, 3.05) is 0 Å². The molecule has 1 aliphatic rings. The van der Waals surface area contributed by atoms with E-state index in [0.717, 1.165) is 25.7 Å². The van der Waals surface area contributed by atoms with Gasteiger partial charge in [0.25, 0.3) is 0 Å². The van der Waals surface area contributed by atoms with Gasteiger partial charge in [-0.15, -0.1) is 0 Å². The van der Waals surface area contributed by atoms with Crippen LogP contribution in [0.15, 0.2) is 30.3 Å². The molecule has 0 unspecified atom stereocenters. The first-order valence-corrected chi connectivity index (χ1v) is 7.65. The average Bonchev–Trinajstić information content (AvgIpc) is 2.49. The molecule has 1 aromatic rings. The van der Waals surface area contributed by atoms with Gasteiger partial charge in [0.15, 0.2) is 0 Å². The first kappa shape index (κ1) is 18.6. The van der Waals surface area contributed by atoms with Crippen LogP contribution >= 0.6 is 0 Å². The van der Waals surface area contributed by atoms with Crippen molar-refractivity contribution in [3.8, 4) is 0 Å². The van der Waals surface area contributed by atoms with Crippen LogP contribution in [-0.4, -0.2) is 11.6 Å². The van der Waals surface area contributed by atoms with Gasteiger partial charge < -0.3 is 0 Å². The van der Waals surface area contributed by atoms with E-state index in [4.69, 9.17) is 0 Å². The van der Waals surface area contributed by atoms with E-state index >= 15 is 0 Å². The second kappa shape index (κ2) is 12.6. The second-order valence-electron chi connectivity index (χ2n) is 5.00. The van der Waals surface area contributed by atoms with Gasteiger partial charge in [0.2, 0.25) is 0 Å². The molecule has 0 saturated heterocycles. The minimum absolute atomic E-state index is 0.343. The molecule has 1 fully saturated rings. The van der Waals surface area contributed by atoms with Crippen LogP contribution in [0.4, 0.5) is 0 Å². The Morgan fingerprint density at radius 2 is 1.45 bits per heavy atom. The van der Waals surface area contributed by atoms with Crippen molar-refractivity contribution in [2.45, 2.75) is 65.7 Å². The summed E-state index contributed by atoms with van der Waals surface area (Å²) >= 11 is 0. The third-order valence-electron chi connectivity index (χ3n) is 3.14. The van der Waals surface area contributed by atoms with E-state index in [1.54, 1.807) is 0 Å². The number of Topliss-reactive ketones (excluding diaryl/α,β-unsaturated/α-hetero) is 2. The molecular weight excluding hydrogens is 248 g/mol. The largest absolute Gasteiger partial charge is 0.300 e. The predicted octanol–water partition coefficient (Wildman–Crippen LogP) is 4.89. The highest BCUT2D eigenvalue weighted by Gasteiger charge is 2.05. The van der Waals surface area contributed by atoms with E-state index < -0.39 is 0 Å². The lowest BCUT2D eigenvalue weighted by atomic mass is 10.00. The van der Waals surface area contributed by atoms with Crippen molar-refractivity contribution in [3.05, 3.63) is 35.9 Å². The van der Waals surface area contributed by atoms with E-state index in [9.17, 15) is 9.59 Å². The van der Waals surface area contributed by atoms with E-state index in [2.05, 4.69) is 19.1 Å². The molecule has 20 heavy (non-hydrogen) atoms. The highest BCUT2D eigenvalue weighted by atomic mass is 16.1. The number of aryl methyl sites for hydroxylation is 1. The summed E-state index contributed by atoms with van der Waals surface area (Å²) in [5.41, 5.74) is 1.32. The van der Waals surface area contributed by atoms with Gasteiger partial charge in [-0.1, -0.05) is 56.2 Å². The zero-order valence-electron chi connectivity index (χ0n) is 13.2. The first-order chi connectivity index (χ1) is 9.60. The van der Waals surface area contributed by atoms with E-state index in [1.165, 1.54) is 12.0 Å². The molecule has 0 aliphatic heterocycles. The summed E-state index contributed by atoms with van der Waals surface area (Å²) in [5.74, 6) is 0.807. The zero-order valence-corrected chi connectivity index (χ0v) is 13.2. The topological polar surface area (TPSA) is 34.1 Å². The summed E-state index contributed by atoms with van der Waals surface area (Å²) in [4.78, 5) is 20.6. The molecule has 0 bridgehead atoms. The molecule has 2 rings (SSSR count). The SMILES string of the molecule is CCC(=O)CC.Cc1ccccc1.O=C1CCCCC1. The molecule has 1 aliphatic carbocycles. The van der Waals surface area contributed by atoms with Gasteiger partial charge in [-0.3, -0.25) is 9.59 Å². The Bertz CT molecular complexity index is 354. The highest BCUT2D eigenvalue weighted by Crippen LogP contribution is 2.12. The standard InChI is InChI=1S/C7H8.C6H10O.C5H10O/c1-7-5-3-2-4-6-7;7-6-4-2-1-3-5-6;1-3-5(6)4-2/h2-6H,1H3;1-5H2;3-4H2,1-2H3. The quantitative estimate of drug-likeness (QED) is 0.770. The summed E-state index contributed by atoms with van der Waals surface area (Å²) in [6.07, 6.45) is 6.62. The number of benzene rings is 1. The molecule has 0 spiro atoms. The molecule has 2 nitrogen and oxygen atoms in total. The Morgan fingerprint density at radius 1 is 0.950 bits per heavy atom. The number of ketones is 2. The summed E-state index contributed by atoms with van der Waals surface area (Å²) in [7, 11) is 0. The van der Waals surface area contributed by atoms with Crippen LogP contribution in [0.2, 0.25) is 0 Å². The van der Waals surface area contributed by atoms with Gasteiger partial charge in [0, 0.05) is 25.7 Å². The fourth-order valence-electron chi connectivity index (χ4n) is 1.73. The van der Waals surface area contributed by atoms with Crippen molar-refractivity contribution in [1.29, 1.82) is 0 Å². The van der Waals surface area contributed by atoms with Gasteiger partial charge in [-0.05, 0) is 19.8 Å². The lowest BCUT2D eigenvalue weighted by Gasteiger charge is -2.05. The summed E-state index contributed by atoms with van der Waals surface area (Å²) in [5, 5.41) is 0. The molecule has 0 atom stereocenters. The Labute approximate surface area is 123 Å². The predicted molar refractivity (Wildman–Crippen MR) is 84.9 cm³/mol. The van der Waals surface area contributed by atoms with Gasteiger partial charge >= 0.3 is 0 Å². The summed E-state index contributed by atoms with van der Waals surface area (Å²) in [6.45, 7) is 5.84. The fourth-order valence-corrected chi connectivity index (χ4v) is 1.73. The number of hydrogen-bond acceptors (Lipinski definition) is 2. The van der Waals surface area contributed by atoms with E-state index in [-0.39, 0.29) is 0 Å². The van der Waals surface area contributed by atoms with E-state index in [1.807, 2.05) is 32.0 Å². The van der Waals surface area contributed by atoms with Crippen LogP contribution in [0, 0.1) is 6.92 Å². The van der Waals surface area contributed by atoms with Crippen LogP contribution in [0.5, 0.6) is 0 Å². The molecular formula is C18H28O2. The van der Waals surface area contributed by atoms with Crippen LogP contribution in [-0.2, 0) is 9.59 Å². The normalized spacial score (nSPS) is 13.4. The van der Waals surface area contributed by atoms with Gasteiger partial charge in [0.1, 0.15) is 11.6 Å². The molecule has 0 N–H and O–H groups in total. The number of carbonyl (C=O) groups is 2. The maximum Gasteiger partial charge on any atom is 0.132 e. The lowest BCUT2D eigenvalue weighted by Crippen LogP contribution is -2.02. The van der Waals surface area contributed by atoms with Crippen LogP contribution in [0.1, 0.15) is 64.4 Å². The summed E-state index contributed by atoms with van der Waals surface area (Å²) < 4.78 is 0. The van der Waals surface area contributed by atoms with Gasteiger partial charge in [-0.25, -0.2) is 0 Å². The van der Waals surface area contributed by atoms with Crippen LogP contribution in [0.25, 0.3) is 0 Å². The van der Waals surface area contributed by atoms with Crippen molar-refractivity contribution < 1.29 is 9.59 Å². The number of carbonyl (C=O) groups excluding carboxylic acids is 2. The molecule has 1 aromatic carbocycles. The fraction of sp³-hybridized carbons (Fsp3) is 0.556. The van der Waals surface area contributed by atoms with Gasteiger partial charge in [0.05, 0.1) is 0 Å². The average molecular weight is 276 g/mol. The molecule has 1 saturated carbocycles. The third-order valence-corrected chi connectivity index (χ3v) is 3.14. The van der Waals surface area contributed by atoms with Crippen molar-refractivity contribution in [3.63, 3.8) is 0 Å². The summed E-state index contributed by atoms with van der Waals surface area (Å²) in [6, 6.07) is 10.3. The second-order valence-corrected chi connectivity index (χ2v) is 5.00. The van der Waals surface area contributed by atoms with Crippen molar-refractivity contribution in [1.82, 2.24) is 0 Å². The molecule has 0 aromatic heterocycles. The van der Waals surface area contributed by atoms with Crippen molar-refractivity contribution in [2.24, 2.45) is 0 Å². The number of rotatable bonds is 2. The molecule has 0 amide bonds. The molecule has 0 heterocycles. The molecule has 112 valence electrons.